The first-order chi connectivity index (χ1) is 6.13. The van der Waals surface area contributed by atoms with Crippen LogP contribution in [0.15, 0.2) is 0 Å². The van der Waals surface area contributed by atoms with E-state index < -0.39 is 0 Å². The van der Waals surface area contributed by atoms with Crippen molar-refractivity contribution in [1.82, 2.24) is 0 Å². The molecule has 4 heteroatoms. The van der Waals surface area contributed by atoms with E-state index in [4.69, 9.17) is 0 Å². The second-order valence-corrected chi connectivity index (χ2v) is 7.90. The monoisotopic (exact) mass is 256 g/mol. The van der Waals surface area contributed by atoms with Crippen LogP contribution in [-0.2, 0) is 0 Å². The number of hydrogen-bond acceptors (Lipinski definition) is 4. The van der Waals surface area contributed by atoms with Crippen LogP contribution >= 0.6 is 48.8 Å². The molecule has 0 amide bonds. The molecule has 2 atom stereocenters. The summed E-state index contributed by atoms with van der Waals surface area (Å²) >= 11 is 12.9. The van der Waals surface area contributed by atoms with Crippen LogP contribution in [0.25, 0.3) is 0 Å². The van der Waals surface area contributed by atoms with E-state index in [9.17, 15) is 0 Å². The van der Waals surface area contributed by atoms with Gasteiger partial charge in [0.1, 0.15) is 0 Å². The molecular weight excluding hydrogens is 236 g/mol. The highest BCUT2D eigenvalue weighted by Crippen LogP contribution is 2.37. The Morgan fingerprint density at radius 3 is 1.46 bits per heavy atom. The Bertz CT molecular complexity index is 106. The van der Waals surface area contributed by atoms with Gasteiger partial charge < -0.3 is 0 Å². The van der Waals surface area contributed by atoms with E-state index in [1.54, 1.807) is 0 Å². The van der Waals surface area contributed by atoms with Crippen molar-refractivity contribution in [2.24, 2.45) is 0 Å². The lowest BCUT2D eigenvalue weighted by Gasteiger charge is -2.20. The summed E-state index contributed by atoms with van der Waals surface area (Å²) in [6, 6.07) is 0. The SMILES string of the molecule is CCC(S)SC(CC)SC(S)CC. The molecular formula is C9H20S4. The minimum Gasteiger partial charge on any atom is -0.165 e. The number of thiol groups is 2. The standard InChI is InChI=1S/C9H20S4/c1-4-7(10)12-9(6-3)13-8(11)5-2/h7-11H,4-6H2,1-3H3. The van der Waals surface area contributed by atoms with Gasteiger partial charge in [-0.05, 0) is 19.3 Å². The van der Waals surface area contributed by atoms with Gasteiger partial charge in [-0.15, -0.1) is 23.5 Å². The van der Waals surface area contributed by atoms with Gasteiger partial charge in [-0.2, -0.15) is 25.3 Å². The normalized spacial score (nSPS) is 18.2. The maximum absolute atomic E-state index is 4.50. The lowest BCUT2D eigenvalue weighted by Crippen LogP contribution is -2.05. The zero-order chi connectivity index (χ0) is 10.3. The van der Waals surface area contributed by atoms with Gasteiger partial charge in [-0.1, -0.05) is 20.8 Å². The Kier molecular flexibility index (Phi) is 9.62. The van der Waals surface area contributed by atoms with Crippen LogP contribution in [0.3, 0.4) is 0 Å². The molecule has 0 spiro atoms. The van der Waals surface area contributed by atoms with Crippen LogP contribution in [0.1, 0.15) is 40.0 Å². The molecule has 13 heavy (non-hydrogen) atoms. The number of hydrogen-bond donors (Lipinski definition) is 2. The third-order valence-electron chi connectivity index (χ3n) is 1.65. The van der Waals surface area contributed by atoms with Crippen molar-refractivity contribution in [2.45, 2.75) is 53.8 Å². The maximum atomic E-state index is 4.50. The first kappa shape index (κ1) is 14.4. The summed E-state index contributed by atoms with van der Waals surface area (Å²) in [6.45, 7) is 6.59. The fourth-order valence-corrected chi connectivity index (χ4v) is 4.67. The van der Waals surface area contributed by atoms with Crippen LogP contribution in [0.4, 0.5) is 0 Å². The summed E-state index contributed by atoms with van der Waals surface area (Å²) in [5.74, 6) is 0. The number of rotatable bonds is 7. The highest BCUT2D eigenvalue weighted by Gasteiger charge is 2.14. The maximum Gasteiger partial charge on any atom is 0.0521 e. The van der Waals surface area contributed by atoms with Crippen molar-refractivity contribution in [3.63, 3.8) is 0 Å². The fourth-order valence-electron chi connectivity index (χ4n) is 0.767. The first-order valence-electron chi connectivity index (χ1n) is 4.81. The molecule has 0 aromatic heterocycles. The quantitative estimate of drug-likeness (QED) is 0.508. The lowest BCUT2D eigenvalue weighted by molar-refractivity contribution is 1.01. The molecule has 2 unspecified atom stereocenters. The lowest BCUT2D eigenvalue weighted by atomic mass is 10.6. The summed E-state index contributed by atoms with van der Waals surface area (Å²) in [4.78, 5) is 0. The second-order valence-electron chi connectivity index (χ2n) is 2.84. The predicted octanol–water partition coefficient (Wildman–Crippen LogP) is 4.52. The van der Waals surface area contributed by atoms with Crippen molar-refractivity contribution < 1.29 is 0 Å². The fraction of sp³-hybridized carbons (Fsp3) is 1.00. The van der Waals surface area contributed by atoms with Gasteiger partial charge in [-0.25, -0.2) is 0 Å². The second kappa shape index (κ2) is 8.69. The van der Waals surface area contributed by atoms with Gasteiger partial charge in [0, 0.05) is 9.16 Å². The summed E-state index contributed by atoms with van der Waals surface area (Å²) in [5, 5.41) is 0. The van der Waals surface area contributed by atoms with Gasteiger partial charge in [0.05, 0.1) is 4.58 Å². The van der Waals surface area contributed by atoms with Crippen LogP contribution in [0.5, 0.6) is 0 Å². The van der Waals surface area contributed by atoms with Crippen LogP contribution in [0.2, 0.25) is 0 Å². The van der Waals surface area contributed by atoms with Crippen molar-refractivity contribution >= 4 is 48.8 Å². The third-order valence-corrected chi connectivity index (χ3v) is 6.35. The Morgan fingerprint density at radius 2 is 1.23 bits per heavy atom. The van der Waals surface area contributed by atoms with Crippen molar-refractivity contribution in [2.75, 3.05) is 0 Å². The van der Waals surface area contributed by atoms with E-state index in [0.717, 1.165) is 12.8 Å². The van der Waals surface area contributed by atoms with E-state index in [0.29, 0.717) is 13.7 Å². The van der Waals surface area contributed by atoms with Crippen LogP contribution < -0.4 is 0 Å². The van der Waals surface area contributed by atoms with Gasteiger partial charge in [0.2, 0.25) is 0 Å². The molecule has 0 aliphatic rings. The van der Waals surface area contributed by atoms with Gasteiger partial charge in [-0.3, -0.25) is 0 Å². The summed E-state index contributed by atoms with van der Waals surface area (Å²) < 4.78 is 1.62. The van der Waals surface area contributed by atoms with E-state index in [2.05, 4.69) is 46.0 Å². The molecule has 0 aliphatic heterocycles. The highest BCUT2D eigenvalue weighted by atomic mass is 32.2. The topological polar surface area (TPSA) is 0 Å². The smallest absolute Gasteiger partial charge is 0.0521 e. The Balaban J connectivity index is 3.74. The highest BCUT2D eigenvalue weighted by molar-refractivity contribution is 8.24. The molecule has 0 bridgehead atoms. The van der Waals surface area contributed by atoms with Crippen molar-refractivity contribution in [1.29, 1.82) is 0 Å². The van der Waals surface area contributed by atoms with E-state index in [-0.39, 0.29) is 0 Å². The average molecular weight is 257 g/mol. The largest absolute Gasteiger partial charge is 0.165 e. The molecule has 80 valence electrons. The van der Waals surface area contributed by atoms with E-state index in [1.165, 1.54) is 6.42 Å². The molecule has 0 radical (unpaired) electrons. The van der Waals surface area contributed by atoms with Gasteiger partial charge in [0.25, 0.3) is 0 Å². The molecule has 0 saturated heterocycles. The van der Waals surface area contributed by atoms with Crippen LogP contribution in [0, 0.1) is 0 Å². The Morgan fingerprint density at radius 1 is 0.846 bits per heavy atom. The molecule has 0 saturated carbocycles. The summed E-state index contributed by atoms with van der Waals surface area (Å²) in [7, 11) is 0. The molecule has 0 aromatic rings. The first-order valence-corrected chi connectivity index (χ1v) is 7.72. The summed E-state index contributed by atoms with van der Waals surface area (Å²) in [6.07, 6.45) is 3.46. The molecule has 0 heterocycles. The zero-order valence-corrected chi connectivity index (χ0v) is 12.0. The zero-order valence-electron chi connectivity index (χ0n) is 8.56. The van der Waals surface area contributed by atoms with Crippen molar-refractivity contribution in [3.8, 4) is 0 Å². The Labute approximate surface area is 102 Å². The van der Waals surface area contributed by atoms with Crippen LogP contribution in [-0.4, -0.2) is 13.7 Å². The molecule has 0 nitrogen and oxygen atoms in total. The minimum atomic E-state index is 0.481. The van der Waals surface area contributed by atoms with Crippen molar-refractivity contribution in [3.05, 3.63) is 0 Å². The van der Waals surface area contributed by atoms with E-state index in [1.807, 2.05) is 23.5 Å². The predicted molar refractivity (Wildman–Crippen MR) is 75.4 cm³/mol. The van der Waals surface area contributed by atoms with E-state index >= 15 is 0 Å². The average Bonchev–Trinajstić information content (AvgIpc) is 2.16. The van der Waals surface area contributed by atoms with Gasteiger partial charge >= 0.3 is 0 Å². The van der Waals surface area contributed by atoms with Gasteiger partial charge in [0.15, 0.2) is 0 Å². The summed E-state index contributed by atoms with van der Waals surface area (Å²) in [5.41, 5.74) is 0. The molecule has 0 fully saturated rings. The Hall–Kier alpha value is 1.40. The molecule has 0 aromatic carbocycles. The molecule has 0 N–H and O–H groups in total. The number of thioether (sulfide) groups is 2. The third kappa shape index (κ3) is 7.34. The molecule has 0 aliphatic carbocycles. The molecule has 0 rings (SSSR count). The minimum absolute atomic E-state index is 0.481.